The quantitative estimate of drug-likeness (QED) is 0.804. The molecule has 0 saturated carbocycles. The molecular formula is C12H17N5. The van der Waals surface area contributed by atoms with Crippen LogP contribution in [0, 0.1) is 5.92 Å². The lowest BCUT2D eigenvalue weighted by Gasteiger charge is -2.21. The number of aromatic nitrogens is 3. The van der Waals surface area contributed by atoms with Crippen LogP contribution in [0.4, 0.5) is 5.69 Å². The molecule has 0 amide bonds. The van der Waals surface area contributed by atoms with Gasteiger partial charge in [-0.15, -0.1) is 10.2 Å². The summed E-state index contributed by atoms with van der Waals surface area (Å²) >= 11 is 0. The van der Waals surface area contributed by atoms with Crippen molar-refractivity contribution in [3.05, 3.63) is 24.2 Å². The Morgan fingerprint density at radius 2 is 2.12 bits per heavy atom. The zero-order valence-corrected chi connectivity index (χ0v) is 9.76. The number of nitrogens with two attached hydrogens (primary N) is 1. The van der Waals surface area contributed by atoms with E-state index in [9.17, 15) is 0 Å². The number of rotatable bonds is 2. The third kappa shape index (κ3) is 2.10. The summed E-state index contributed by atoms with van der Waals surface area (Å²) in [5.41, 5.74) is 7.43. The molecule has 3 heterocycles. The molecule has 0 radical (unpaired) electrons. The monoisotopic (exact) mass is 231 g/mol. The summed E-state index contributed by atoms with van der Waals surface area (Å²) in [6, 6.07) is 3.77. The first-order valence-corrected chi connectivity index (χ1v) is 6.13. The van der Waals surface area contributed by atoms with Crippen molar-refractivity contribution in [3.8, 4) is 0 Å². The first-order valence-electron chi connectivity index (χ1n) is 6.13. The standard InChI is InChI=1S/C12H17N5/c13-10-1-2-11-15-16-12(17(11)8-10)7-9-3-5-14-6-4-9/h1-2,8-9,14H,3-7,13H2. The fourth-order valence-corrected chi connectivity index (χ4v) is 2.44. The smallest absolute Gasteiger partial charge is 0.160 e. The molecule has 0 atom stereocenters. The van der Waals surface area contributed by atoms with Crippen molar-refractivity contribution in [2.45, 2.75) is 19.3 Å². The number of piperidine rings is 1. The lowest BCUT2D eigenvalue weighted by Crippen LogP contribution is -2.29. The van der Waals surface area contributed by atoms with E-state index in [2.05, 4.69) is 15.5 Å². The maximum Gasteiger partial charge on any atom is 0.160 e. The second kappa shape index (κ2) is 4.33. The van der Waals surface area contributed by atoms with Crippen LogP contribution >= 0.6 is 0 Å². The van der Waals surface area contributed by atoms with Crippen LogP contribution in [0.3, 0.4) is 0 Å². The minimum atomic E-state index is 0.713. The summed E-state index contributed by atoms with van der Waals surface area (Å²) in [7, 11) is 0. The van der Waals surface area contributed by atoms with E-state index in [1.807, 2.05) is 22.7 Å². The van der Waals surface area contributed by atoms with Crippen LogP contribution in [0.1, 0.15) is 18.7 Å². The summed E-state index contributed by atoms with van der Waals surface area (Å²) in [6.07, 6.45) is 5.34. The molecule has 1 saturated heterocycles. The van der Waals surface area contributed by atoms with Gasteiger partial charge in [0.2, 0.25) is 0 Å². The van der Waals surface area contributed by atoms with Crippen LogP contribution in [0.15, 0.2) is 18.3 Å². The second-order valence-electron chi connectivity index (χ2n) is 4.70. The molecule has 0 aliphatic carbocycles. The van der Waals surface area contributed by atoms with Crippen molar-refractivity contribution in [2.75, 3.05) is 18.8 Å². The van der Waals surface area contributed by atoms with Crippen molar-refractivity contribution in [2.24, 2.45) is 5.92 Å². The van der Waals surface area contributed by atoms with Crippen LogP contribution in [0.2, 0.25) is 0 Å². The Kier molecular flexibility index (Phi) is 2.68. The van der Waals surface area contributed by atoms with Crippen LogP contribution in [-0.2, 0) is 6.42 Å². The number of nitrogen functional groups attached to an aromatic ring is 1. The molecule has 3 N–H and O–H groups in total. The molecule has 5 nitrogen and oxygen atoms in total. The van der Waals surface area contributed by atoms with Gasteiger partial charge < -0.3 is 11.1 Å². The van der Waals surface area contributed by atoms with E-state index < -0.39 is 0 Å². The van der Waals surface area contributed by atoms with E-state index in [0.29, 0.717) is 5.92 Å². The molecule has 3 rings (SSSR count). The highest BCUT2D eigenvalue weighted by atomic mass is 15.2. The van der Waals surface area contributed by atoms with Crippen molar-refractivity contribution in [3.63, 3.8) is 0 Å². The van der Waals surface area contributed by atoms with Gasteiger partial charge in [-0.25, -0.2) is 0 Å². The van der Waals surface area contributed by atoms with E-state index in [-0.39, 0.29) is 0 Å². The molecule has 5 heteroatoms. The van der Waals surface area contributed by atoms with E-state index >= 15 is 0 Å². The maximum absolute atomic E-state index is 5.80. The molecule has 2 aromatic heterocycles. The number of pyridine rings is 1. The molecule has 0 spiro atoms. The lowest BCUT2D eigenvalue weighted by molar-refractivity contribution is 0.366. The highest BCUT2D eigenvalue weighted by Gasteiger charge is 2.16. The predicted molar refractivity (Wildman–Crippen MR) is 66.7 cm³/mol. The molecule has 1 fully saturated rings. The summed E-state index contributed by atoms with van der Waals surface area (Å²) < 4.78 is 2.01. The summed E-state index contributed by atoms with van der Waals surface area (Å²) in [5, 5.41) is 11.8. The molecule has 90 valence electrons. The average Bonchev–Trinajstić information content (AvgIpc) is 2.73. The average molecular weight is 231 g/mol. The molecule has 0 aromatic carbocycles. The second-order valence-corrected chi connectivity index (χ2v) is 4.70. The van der Waals surface area contributed by atoms with E-state index in [4.69, 9.17) is 5.73 Å². The van der Waals surface area contributed by atoms with E-state index in [0.717, 1.165) is 36.7 Å². The molecule has 0 bridgehead atoms. The first-order chi connectivity index (χ1) is 8.33. The van der Waals surface area contributed by atoms with Crippen LogP contribution in [0.5, 0.6) is 0 Å². The maximum atomic E-state index is 5.80. The van der Waals surface area contributed by atoms with Gasteiger partial charge in [-0.2, -0.15) is 0 Å². The fraction of sp³-hybridized carbons (Fsp3) is 0.500. The van der Waals surface area contributed by atoms with Gasteiger partial charge in [0.25, 0.3) is 0 Å². The van der Waals surface area contributed by atoms with Gasteiger partial charge in [0.05, 0.1) is 0 Å². The largest absolute Gasteiger partial charge is 0.398 e. The van der Waals surface area contributed by atoms with Gasteiger partial charge in [-0.1, -0.05) is 0 Å². The fourth-order valence-electron chi connectivity index (χ4n) is 2.44. The third-order valence-corrected chi connectivity index (χ3v) is 3.43. The number of anilines is 1. The number of hydrogen-bond acceptors (Lipinski definition) is 4. The van der Waals surface area contributed by atoms with Crippen LogP contribution in [0.25, 0.3) is 5.65 Å². The number of nitrogens with zero attached hydrogens (tertiary/aromatic N) is 3. The van der Waals surface area contributed by atoms with Gasteiger partial charge in [0, 0.05) is 18.3 Å². The SMILES string of the molecule is Nc1ccc2nnc(CC3CCNCC3)n2c1. The molecule has 17 heavy (non-hydrogen) atoms. The Morgan fingerprint density at radius 1 is 1.29 bits per heavy atom. The van der Waals surface area contributed by atoms with Crippen molar-refractivity contribution >= 4 is 11.3 Å². The zero-order chi connectivity index (χ0) is 11.7. The number of fused-ring (bicyclic) bond motifs is 1. The molecule has 0 unspecified atom stereocenters. The Balaban J connectivity index is 1.86. The number of nitrogens with one attached hydrogen (secondary N) is 1. The van der Waals surface area contributed by atoms with Crippen molar-refractivity contribution < 1.29 is 0 Å². The van der Waals surface area contributed by atoms with Crippen molar-refractivity contribution in [1.29, 1.82) is 0 Å². The summed E-state index contributed by atoms with van der Waals surface area (Å²) in [4.78, 5) is 0. The Bertz CT molecular complexity index is 513. The predicted octanol–water partition coefficient (Wildman–Crippen LogP) is 0.854. The minimum Gasteiger partial charge on any atom is -0.398 e. The number of hydrogen-bond donors (Lipinski definition) is 2. The molecular weight excluding hydrogens is 214 g/mol. The van der Waals surface area contributed by atoms with Gasteiger partial charge in [-0.05, 0) is 44.0 Å². The first kappa shape index (κ1) is 10.5. The van der Waals surface area contributed by atoms with Crippen LogP contribution in [-0.4, -0.2) is 27.7 Å². The zero-order valence-electron chi connectivity index (χ0n) is 9.76. The summed E-state index contributed by atoms with van der Waals surface area (Å²) in [5.74, 6) is 1.74. The van der Waals surface area contributed by atoms with Gasteiger partial charge in [0.1, 0.15) is 5.82 Å². The third-order valence-electron chi connectivity index (χ3n) is 3.43. The van der Waals surface area contributed by atoms with Gasteiger partial charge in [-0.3, -0.25) is 4.40 Å². The van der Waals surface area contributed by atoms with Crippen LogP contribution < -0.4 is 11.1 Å². The van der Waals surface area contributed by atoms with E-state index in [1.54, 1.807) is 0 Å². The Labute approximate surface area is 100 Å². The van der Waals surface area contributed by atoms with Gasteiger partial charge >= 0.3 is 0 Å². The lowest BCUT2D eigenvalue weighted by atomic mass is 9.94. The van der Waals surface area contributed by atoms with Gasteiger partial charge in [0.15, 0.2) is 5.65 Å². The topological polar surface area (TPSA) is 68.2 Å². The van der Waals surface area contributed by atoms with E-state index in [1.165, 1.54) is 12.8 Å². The Hall–Kier alpha value is -1.62. The Morgan fingerprint density at radius 3 is 2.94 bits per heavy atom. The molecule has 2 aromatic rings. The minimum absolute atomic E-state index is 0.713. The summed E-state index contributed by atoms with van der Waals surface area (Å²) in [6.45, 7) is 2.23. The highest BCUT2D eigenvalue weighted by molar-refractivity contribution is 5.47. The molecule has 1 aliphatic heterocycles. The van der Waals surface area contributed by atoms with Crippen molar-refractivity contribution in [1.82, 2.24) is 19.9 Å². The normalized spacial score (nSPS) is 17.6. The highest BCUT2D eigenvalue weighted by Crippen LogP contribution is 2.18. The molecule has 1 aliphatic rings.